The molecule has 0 bridgehead atoms. The van der Waals surface area contributed by atoms with E-state index in [1.165, 1.54) is 4.90 Å². The smallest absolute Gasteiger partial charge is 0.324 e. The minimum atomic E-state index is -3.12. The summed E-state index contributed by atoms with van der Waals surface area (Å²) in [4.78, 5) is 12.3. The summed E-state index contributed by atoms with van der Waals surface area (Å²) in [5, 5.41) is 0. The van der Waals surface area contributed by atoms with Crippen molar-refractivity contribution in [2.45, 2.75) is 38.7 Å². The van der Waals surface area contributed by atoms with Gasteiger partial charge < -0.3 is 4.90 Å². The number of hydrogen-bond acceptors (Lipinski definition) is 1. The summed E-state index contributed by atoms with van der Waals surface area (Å²) in [5.74, 6) is -4.13. The number of halogens is 2. The Hall–Kier alpha value is -0.670. The summed E-state index contributed by atoms with van der Waals surface area (Å²) in [5.41, 5.74) is 0. The van der Waals surface area contributed by atoms with Crippen molar-refractivity contribution in [3.63, 3.8) is 0 Å². The highest BCUT2D eigenvalue weighted by atomic mass is 19.3. The Labute approximate surface area is 70.5 Å². The van der Waals surface area contributed by atoms with Gasteiger partial charge in [-0.15, -0.1) is 0 Å². The molecule has 1 saturated heterocycles. The molecule has 1 heterocycles. The lowest BCUT2D eigenvalue weighted by Gasteiger charge is -2.34. The van der Waals surface area contributed by atoms with Crippen molar-refractivity contribution in [1.82, 2.24) is 4.90 Å². The predicted molar refractivity (Wildman–Crippen MR) is 41.0 cm³/mol. The van der Waals surface area contributed by atoms with Gasteiger partial charge in [-0.3, -0.25) is 4.79 Å². The maximum absolute atomic E-state index is 12.8. The largest absolute Gasteiger partial charge is 0.335 e. The van der Waals surface area contributed by atoms with Crippen LogP contribution in [0.5, 0.6) is 0 Å². The number of nitrogens with zero attached hydrogens (tertiary/aromatic N) is 1. The lowest BCUT2D eigenvalue weighted by molar-refractivity contribution is -0.166. The monoisotopic (exact) mass is 177 g/mol. The molecule has 0 aromatic rings. The Bertz CT molecular complexity index is 191. The van der Waals surface area contributed by atoms with E-state index in [1.54, 1.807) is 13.8 Å². The van der Waals surface area contributed by atoms with Crippen LogP contribution in [0.1, 0.15) is 26.7 Å². The fourth-order valence-corrected chi connectivity index (χ4v) is 1.38. The van der Waals surface area contributed by atoms with Gasteiger partial charge in [0.1, 0.15) is 0 Å². The van der Waals surface area contributed by atoms with E-state index >= 15 is 0 Å². The van der Waals surface area contributed by atoms with Gasteiger partial charge in [-0.2, -0.15) is 8.78 Å². The molecule has 0 radical (unpaired) electrons. The summed E-state index contributed by atoms with van der Waals surface area (Å²) in [7, 11) is 0. The minimum absolute atomic E-state index is 0.122. The molecule has 0 N–H and O–H groups in total. The van der Waals surface area contributed by atoms with E-state index in [0.717, 1.165) is 0 Å². The third-order valence-electron chi connectivity index (χ3n) is 2.09. The Morgan fingerprint density at radius 3 is 2.50 bits per heavy atom. The van der Waals surface area contributed by atoms with E-state index in [-0.39, 0.29) is 12.5 Å². The van der Waals surface area contributed by atoms with Crippen molar-refractivity contribution in [3.05, 3.63) is 0 Å². The summed E-state index contributed by atoms with van der Waals surface area (Å²) in [6, 6.07) is -0.122. The molecule has 2 nitrogen and oxygen atoms in total. The molecule has 1 fully saturated rings. The van der Waals surface area contributed by atoms with Gasteiger partial charge in [0.05, 0.1) is 0 Å². The van der Waals surface area contributed by atoms with Crippen molar-refractivity contribution < 1.29 is 13.6 Å². The number of carbonyl (C=O) groups is 1. The second-order valence-corrected chi connectivity index (χ2v) is 3.40. The summed E-state index contributed by atoms with van der Waals surface area (Å²) in [6.45, 7) is 3.96. The lowest BCUT2D eigenvalue weighted by atomic mass is 10.1. The highest BCUT2D eigenvalue weighted by Crippen LogP contribution is 2.28. The molecule has 12 heavy (non-hydrogen) atoms. The van der Waals surface area contributed by atoms with Gasteiger partial charge in [-0.25, -0.2) is 0 Å². The highest BCUT2D eigenvalue weighted by Gasteiger charge is 2.45. The first-order valence-electron chi connectivity index (χ1n) is 4.14. The van der Waals surface area contributed by atoms with Crippen LogP contribution in [-0.2, 0) is 4.79 Å². The standard InChI is InChI=1S/C8H13F2NO/c1-6(2)11-5-3-4-8(9,10)7(11)12/h6H,3-5H2,1-2H3. The molecule has 1 aliphatic heterocycles. The predicted octanol–water partition coefficient (Wildman–Crippen LogP) is 1.65. The SMILES string of the molecule is CC(C)N1CCCC(F)(F)C1=O. The Morgan fingerprint density at radius 1 is 1.50 bits per heavy atom. The van der Waals surface area contributed by atoms with Gasteiger partial charge in [-0.05, 0) is 20.3 Å². The number of piperidine rings is 1. The molecular formula is C8H13F2NO. The van der Waals surface area contributed by atoms with Crippen molar-refractivity contribution in [2.24, 2.45) is 0 Å². The third kappa shape index (κ3) is 1.57. The van der Waals surface area contributed by atoms with Gasteiger partial charge in [-0.1, -0.05) is 0 Å². The summed E-state index contributed by atoms with van der Waals surface area (Å²) >= 11 is 0. The van der Waals surface area contributed by atoms with Crippen molar-refractivity contribution in [3.8, 4) is 0 Å². The molecule has 0 atom stereocenters. The minimum Gasteiger partial charge on any atom is -0.335 e. The number of hydrogen-bond donors (Lipinski definition) is 0. The Balaban J connectivity index is 2.73. The molecule has 1 aliphatic rings. The van der Waals surface area contributed by atoms with E-state index in [2.05, 4.69) is 0 Å². The average molecular weight is 177 g/mol. The van der Waals surface area contributed by atoms with E-state index in [0.29, 0.717) is 13.0 Å². The molecule has 70 valence electrons. The molecule has 0 aromatic heterocycles. The molecule has 4 heteroatoms. The number of alkyl halides is 2. The number of likely N-dealkylation sites (tertiary alicyclic amines) is 1. The first-order valence-corrected chi connectivity index (χ1v) is 4.14. The van der Waals surface area contributed by atoms with Crippen molar-refractivity contribution >= 4 is 5.91 Å². The maximum atomic E-state index is 12.8. The molecule has 0 aromatic carbocycles. The van der Waals surface area contributed by atoms with Crippen LogP contribution >= 0.6 is 0 Å². The van der Waals surface area contributed by atoms with Crippen LogP contribution < -0.4 is 0 Å². The van der Waals surface area contributed by atoms with E-state index < -0.39 is 11.8 Å². The lowest BCUT2D eigenvalue weighted by Crippen LogP contribution is -2.51. The van der Waals surface area contributed by atoms with Crippen LogP contribution in [0.3, 0.4) is 0 Å². The van der Waals surface area contributed by atoms with Crippen LogP contribution in [-0.4, -0.2) is 29.3 Å². The fourth-order valence-electron chi connectivity index (χ4n) is 1.38. The van der Waals surface area contributed by atoms with Crippen LogP contribution in [0.4, 0.5) is 8.78 Å². The first-order chi connectivity index (χ1) is 5.45. The maximum Gasteiger partial charge on any atom is 0.324 e. The highest BCUT2D eigenvalue weighted by molar-refractivity contribution is 5.84. The van der Waals surface area contributed by atoms with Gasteiger partial charge >= 0.3 is 5.92 Å². The van der Waals surface area contributed by atoms with E-state index in [4.69, 9.17) is 0 Å². The summed E-state index contributed by atoms with van der Waals surface area (Å²) in [6.07, 6.45) is 0.103. The zero-order valence-electron chi connectivity index (χ0n) is 7.31. The van der Waals surface area contributed by atoms with Gasteiger partial charge in [0.25, 0.3) is 5.91 Å². The number of amides is 1. The average Bonchev–Trinajstić information content (AvgIpc) is 1.94. The van der Waals surface area contributed by atoms with E-state index in [9.17, 15) is 13.6 Å². The number of carbonyl (C=O) groups excluding carboxylic acids is 1. The van der Waals surface area contributed by atoms with Crippen molar-refractivity contribution in [1.29, 1.82) is 0 Å². The quantitative estimate of drug-likeness (QED) is 0.596. The zero-order valence-corrected chi connectivity index (χ0v) is 7.31. The second kappa shape index (κ2) is 2.99. The van der Waals surface area contributed by atoms with Gasteiger partial charge in [0.15, 0.2) is 0 Å². The normalized spacial score (nSPS) is 23.4. The van der Waals surface area contributed by atoms with Crippen LogP contribution in [0, 0.1) is 0 Å². The topological polar surface area (TPSA) is 20.3 Å². The van der Waals surface area contributed by atoms with E-state index in [1.807, 2.05) is 0 Å². The van der Waals surface area contributed by atoms with Gasteiger partial charge in [0.2, 0.25) is 0 Å². The Kier molecular flexibility index (Phi) is 2.35. The van der Waals surface area contributed by atoms with Crippen LogP contribution in [0.2, 0.25) is 0 Å². The first kappa shape index (κ1) is 9.42. The molecule has 0 spiro atoms. The molecule has 1 rings (SSSR count). The molecular weight excluding hydrogens is 164 g/mol. The number of rotatable bonds is 1. The summed E-state index contributed by atoms with van der Waals surface area (Å²) < 4.78 is 25.6. The molecule has 0 unspecified atom stereocenters. The fraction of sp³-hybridized carbons (Fsp3) is 0.875. The molecule has 1 amide bonds. The zero-order chi connectivity index (χ0) is 9.35. The molecule has 0 saturated carbocycles. The van der Waals surface area contributed by atoms with Gasteiger partial charge in [0, 0.05) is 19.0 Å². The second-order valence-electron chi connectivity index (χ2n) is 3.40. The molecule has 0 aliphatic carbocycles. The third-order valence-corrected chi connectivity index (χ3v) is 2.09. The Morgan fingerprint density at radius 2 is 2.08 bits per heavy atom. The van der Waals surface area contributed by atoms with Crippen LogP contribution in [0.15, 0.2) is 0 Å². The van der Waals surface area contributed by atoms with Crippen molar-refractivity contribution in [2.75, 3.05) is 6.54 Å². The van der Waals surface area contributed by atoms with Crippen LogP contribution in [0.25, 0.3) is 0 Å².